The molecule has 0 aromatic heterocycles. The first kappa shape index (κ1) is 18.6. The van der Waals surface area contributed by atoms with Crippen LogP contribution in [-0.2, 0) is 25.1 Å². The number of carbonyl (C=O) groups is 2. The first-order valence-electron chi connectivity index (χ1n) is 8.32. The van der Waals surface area contributed by atoms with Gasteiger partial charge in [-0.3, -0.25) is 9.00 Å². The van der Waals surface area contributed by atoms with Gasteiger partial charge in [0.15, 0.2) is 5.54 Å². The van der Waals surface area contributed by atoms with Crippen LogP contribution in [0.2, 0.25) is 0 Å². The zero-order valence-electron chi connectivity index (χ0n) is 15.6. The van der Waals surface area contributed by atoms with Gasteiger partial charge in [-0.2, -0.15) is 0 Å². The van der Waals surface area contributed by atoms with Gasteiger partial charge in [0.2, 0.25) is 5.91 Å². The molecule has 140 valence electrons. The first-order chi connectivity index (χ1) is 12.2. The Morgan fingerprint density at radius 3 is 2.35 bits per heavy atom. The lowest BCUT2D eigenvalue weighted by Gasteiger charge is -2.38. The molecular formula is C19H23NO5S. The molecule has 0 unspecified atom stereocenters. The highest BCUT2D eigenvalue weighted by Gasteiger charge is 2.65. The Morgan fingerprint density at radius 2 is 1.85 bits per heavy atom. The number of methoxy groups -OCH3 is 2. The Morgan fingerprint density at radius 1 is 1.23 bits per heavy atom. The molecule has 0 N–H and O–H groups in total. The number of benzene rings is 1. The largest absolute Gasteiger partial charge is 0.497 e. The molecule has 1 fully saturated rings. The Hall–Kier alpha value is -2.15. The van der Waals surface area contributed by atoms with Crippen molar-refractivity contribution in [3.8, 4) is 5.75 Å². The van der Waals surface area contributed by atoms with Crippen LogP contribution >= 0.6 is 0 Å². The maximum absolute atomic E-state index is 12.9. The third-order valence-electron chi connectivity index (χ3n) is 4.86. The van der Waals surface area contributed by atoms with Crippen molar-refractivity contribution >= 4 is 28.2 Å². The molecule has 7 heteroatoms. The monoisotopic (exact) mass is 377 g/mol. The van der Waals surface area contributed by atoms with Crippen molar-refractivity contribution in [1.29, 1.82) is 0 Å². The molecular weight excluding hydrogens is 354 g/mol. The highest BCUT2D eigenvalue weighted by Crippen LogP contribution is 2.49. The molecule has 3 rings (SSSR count). The van der Waals surface area contributed by atoms with Gasteiger partial charge in [-0.25, -0.2) is 4.79 Å². The van der Waals surface area contributed by atoms with Crippen LogP contribution in [0.3, 0.4) is 0 Å². The molecule has 6 nitrogen and oxygen atoms in total. The fourth-order valence-corrected chi connectivity index (χ4v) is 6.10. The number of hydrogen-bond acceptors (Lipinski definition) is 5. The third-order valence-corrected chi connectivity index (χ3v) is 6.98. The molecule has 0 saturated carbocycles. The summed E-state index contributed by atoms with van der Waals surface area (Å²) in [6.07, 6.45) is 1.47. The minimum atomic E-state index is -1.38. The predicted molar refractivity (Wildman–Crippen MR) is 98.8 cm³/mol. The molecule has 0 bridgehead atoms. The summed E-state index contributed by atoms with van der Waals surface area (Å²) in [6, 6.07) is 7.11. The van der Waals surface area contributed by atoms with Gasteiger partial charge in [-0.1, -0.05) is 32.9 Å². The summed E-state index contributed by atoms with van der Waals surface area (Å²) in [6.45, 7) is 5.75. The fraction of sp³-hybridized carbons (Fsp3) is 0.474. The zero-order valence-corrected chi connectivity index (χ0v) is 16.4. The molecule has 2 aliphatic rings. The summed E-state index contributed by atoms with van der Waals surface area (Å²) in [4.78, 5) is 27.2. The van der Waals surface area contributed by atoms with Gasteiger partial charge in [0.25, 0.3) is 0 Å². The number of carbonyl (C=O) groups excluding carboxylic acids is 2. The van der Waals surface area contributed by atoms with E-state index in [9.17, 15) is 13.8 Å². The quantitative estimate of drug-likeness (QED) is 0.753. The third kappa shape index (κ3) is 2.57. The molecule has 1 aromatic carbocycles. The molecule has 0 aliphatic carbocycles. The summed E-state index contributed by atoms with van der Waals surface area (Å²) in [5.74, 6) is -0.173. The highest BCUT2D eigenvalue weighted by atomic mass is 32.2. The van der Waals surface area contributed by atoms with E-state index in [-0.39, 0.29) is 11.7 Å². The summed E-state index contributed by atoms with van der Waals surface area (Å²) in [5.41, 5.74) is -0.571. The second-order valence-electron chi connectivity index (χ2n) is 7.59. The average Bonchev–Trinajstić information content (AvgIpc) is 3.06. The Balaban J connectivity index is 2.17. The highest BCUT2D eigenvalue weighted by molar-refractivity contribution is 7.86. The predicted octanol–water partition coefficient (Wildman–Crippen LogP) is 1.97. The minimum Gasteiger partial charge on any atom is -0.497 e. The minimum absolute atomic E-state index is 0.0329. The Bertz CT molecular complexity index is 808. The van der Waals surface area contributed by atoms with Gasteiger partial charge in [0.05, 0.1) is 20.0 Å². The fourth-order valence-electron chi connectivity index (χ4n) is 3.81. The number of esters is 1. The van der Waals surface area contributed by atoms with Gasteiger partial charge >= 0.3 is 5.97 Å². The molecule has 0 spiro atoms. The maximum Gasteiger partial charge on any atom is 0.337 e. The summed E-state index contributed by atoms with van der Waals surface area (Å²) >= 11 is 0. The molecule has 2 heterocycles. The van der Waals surface area contributed by atoms with Crippen LogP contribution in [0.15, 0.2) is 30.3 Å². The summed E-state index contributed by atoms with van der Waals surface area (Å²) in [5, 5.41) is -0.568. The topological polar surface area (TPSA) is 72.9 Å². The van der Waals surface area contributed by atoms with Crippen LogP contribution in [0.25, 0.3) is 5.57 Å². The number of fused-ring (bicyclic) bond motifs is 1. The lowest BCUT2D eigenvalue weighted by molar-refractivity contribution is -0.154. The van der Waals surface area contributed by atoms with E-state index < -0.39 is 33.1 Å². The number of nitrogens with zero attached hydrogens (tertiary/aromatic N) is 1. The number of ether oxygens (including phenoxy) is 2. The Labute approximate surface area is 155 Å². The van der Waals surface area contributed by atoms with E-state index in [1.165, 1.54) is 18.1 Å². The maximum atomic E-state index is 12.9. The molecule has 2 aliphatic heterocycles. The van der Waals surface area contributed by atoms with Crippen molar-refractivity contribution in [2.24, 2.45) is 5.41 Å². The van der Waals surface area contributed by atoms with E-state index >= 15 is 0 Å². The van der Waals surface area contributed by atoms with Crippen LogP contribution in [0.5, 0.6) is 5.75 Å². The molecule has 3 atom stereocenters. The SMILES string of the molecule is COC(=O)[C@]12C[S@@](=O)[C@H](C(C)(C)C)N1C(=O)C=C2c1ccc(OC)cc1. The summed E-state index contributed by atoms with van der Waals surface area (Å²) in [7, 11) is 1.47. The molecule has 0 radical (unpaired) electrons. The van der Waals surface area contributed by atoms with Crippen molar-refractivity contribution in [3.63, 3.8) is 0 Å². The summed E-state index contributed by atoms with van der Waals surface area (Å²) < 4.78 is 23.2. The van der Waals surface area contributed by atoms with Gasteiger partial charge in [0.1, 0.15) is 11.1 Å². The second-order valence-corrected chi connectivity index (χ2v) is 9.09. The van der Waals surface area contributed by atoms with Gasteiger partial charge in [0, 0.05) is 22.4 Å². The molecule has 1 aromatic rings. The molecule has 26 heavy (non-hydrogen) atoms. The van der Waals surface area contributed by atoms with E-state index in [4.69, 9.17) is 9.47 Å². The van der Waals surface area contributed by atoms with Gasteiger partial charge in [-0.15, -0.1) is 0 Å². The average molecular weight is 377 g/mol. The van der Waals surface area contributed by atoms with Crippen molar-refractivity contribution in [2.45, 2.75) is 31.7 Å². The van der Waals surface area contributed by atoms with Gasteiger partial charge in [-0.05, 0) is 23.1 Å². The smallest absolute Gasteiger partial charge is 0.337 e. The van der Waals surface area contributed by atoms with E-state index in [1.807, 2.05) is 20.8 Å². The normalized spacial score (nSPS) is 28.0. The van der Waals surface area contributed by atoms with Crippen molar-refractivity contribution in [3.05, 3.63) is 35.9 Å². The lowest BCUT2D eigenvalue weighted by atomic mass is 9.85. The van der Waals surface area contributed by atoms with Crippen LogP contribution in [-0.4, -0.2) is 51.9 Å². The standard InChI is InChI=1S/C19H23NO5S/c1-18(2,3)16-20-15(21)10-14(12-6-8-13(24-4)9-7-12)19(20,11-26(16)23)17(22)25-5/h6-10,16H,11H2,1-5H3/t16-,19-,26-/m1/s1. The van der Waals surface area contributed by atoms with E-state index in [2.05, 4.69) is 0 Å². The number of rotatable bonds is 3. The Kier molecular flexibility index (Phi) is 4.46. The second kappa shape index (κ2) is 6.23. The van der Waals surface area contributed by atoms with Crippen LogP contribution in [0, 0.1) is 5.41 Å². The van der Waals surface area contributed by atoms with Gasteiger partial charge < -0.3 is 14.4 Å². The number of hydrogen-bond donors (Lipinski definition) is 0. The molecule has 1 amide bonds. The van der Waals surface area contributed by atoms with Crippen molar-refractivity contribution < 1.29 is 23.3 Å². The first-order valence-corrected chi connectivity index (χ1v) is 9.70. The number of amides is 1. The van der Waals surface area contributed by atoms with Crippen LogP contribution in [0.4, 0.5) is 0 Å². The van der Waals surface area contributed by atoms with Crippen LogP contribution < -0.4 is 4.74 Å². The van der Waals surface area contributed by atoms with E-state index in [1.54, 1.807) is 31.4 Å². The van der Waals surface area contributed by atoms with E-state index in [0.717, 1.165) is 0 Å². The zero-order chi connectivity index (χ0) is 19.3. The van der Waals surface area contributed by atoms with Crippen LogP contribution in [0.1, 0.15) is 26.3 Å². The molecule has 1 saturated heterocycles. The van der Waals surface area contributed by atoms with Crippen molar-refractivity contribution in [1.82, 2.24) is 4.90 Å². The van der Waals surface area contributed by atoms with Crippen molar-refractivity contribution in [2.75, 3.05) is 20.0 Å². The van der Waals surface area contributed by atoms with E-state index in [0.29, 0.717) is 16.9 Å². The lowest BCUT2D eigenvalue weighted by Crippen LogP contribution is -2.56.